The van der Waals surface area contributed by atoms with Crippen LogP contribution >= 0.6 is 0 Å². The maximum absolute atomic E-state index is 12.9. The van der Waals surface area contributed by atoms with E-state index in [0.29, 0.717) is 13.2 Å². The standard InChI is InChI=1S/C22H26N2O4/c1-2-19(28-18-6-4-3-5-7-18)22(25)24-12-10-23(11-13-24)15-17-8-9-20-21(14-17)27-16-26-20/h3-9,14,19H,2,10-13,15-16H2,1H3/t19-/m0/s1. The second-order valence-corrected chi connectivity index (χ2v) is 7.12. The second kappa shape index (κ2) is 8.52. The van der Waals surface area contributed by atoms with E-state index in [1.165, 1.54) is 5.56 Å². The highest BCUT2D eigenvalue weighted by Crippen LogP contribution is 2.32. The van der Waals surface area contributed by atoms with Crippen LogP contribution in [-0.2, 0) is 11.3 Å². The van der Waals surface area contributed by atoms with Gasteiger partial charge in [-0.05, 0) is 36.2 Å². The van der Waals surface area contributed by atoms with Crippen LogP contribution in [0.3, 0.4) is 0 Å². The molecule has 148 valence electrons. The van der Waals surface area contributed by atoms with Gasteiger partial charge in [-0.15, -0.1) is 0 Å². The van der Waals surface area contributed by atoms with Crippen LogP contribution in [0.5, 0.6) is 17.2 Å². The summed E-state index contributed by atoms with van der Waals surface area (Å²) in [5.74, 6) is 2.44. The highest BCUT2D eigenvalue weighted by atomic mass is 16.7. The molecule has 4 rings (SSSR count). The number of piperazine rings is 1. The number of carbonyl (C=O) groups excluding carboxylic acids is 1. The van der Waals surface area contributed by atoms with Crippen molar-refractivity contribution < 1.29 is 19.0 Å². The summed E-state index contributed by atoms with van der Waals surface area (Å²) in [4.78, 5) is 17.2. The number of fused-ring (bicyclic) bond motifs is 1. The highest BCUT2D eigenvalue weighted by molar-refractivity contribution is 5.81. The third kappa shape index (κ3) is 4.22. The van der Waals surface area contributed by atoms with Gasteiger partial charge in [0.2, 0.25) is 6.79 Å². The molecule has 0 N–H and O–H groups in total. The van der Waals surface area contributed by atoms with E-state index in [2.05, 4.69) is 11.0 Å². The van der Waals surface area contributed by atoms with E-state index in [1.54, 1.807) is 0 Å². The topological polar surface area (TPSA) is 51.2 Å². The summed E-state index contributed by atoms with van der Waals surface area (Å²) >= 11 is 0. The van der Waals surface area contributed by atoms with E-state index in [0.717, 1.165) is 50.0 Å². The number of nitrogens with zero attached hydrogens (tertiary/aromatic N) is 2. The molecule has 0 bridgehead atoms. The van der Waals surface area contributed by atoms with Gasteiger partial charge in [0.15, 0.2) is 17.6 Å². The molecule has 2 aliphatic rings. The minimum atomic E-state index is -0.428. The van der Waals surface area contributed by atoms with Crippen molar-refractivity contribution in [3.8, 4) is 17.2 Å². The molecule has 0 unspecified atom stereocenters. The molecule has 2 heterocycles. The lowest BCUT2D eigenvalue weighted by atomic mass is 10.1. The minimum Gasteiger partial charge on any atom is -0.481 e. The fourth-order valence-electron chi connectivity index (χ4n) is 3.60. The number of benzene rings is 2. The fourth-order valence-corrected chi connectivity index (χ4v) is 3.60. The van der Waals surface area contributed by atoms with Crippen LogP contribution in [0.25, 0.3) is 0 Å². The van der Waals surface area contributed by atoms with Gasteiger partial charge in [-0.25, -0.2) is 0 Å². The van der Waals surface area contributed by atoms with Crippen molar-refractivity contribution in [2.24, 2.45) is 0 Å². The third-order valence-electron chi connectivity index (χ3n) is 5.19. The number of carbonyl (C=O) groups is 1. The smallest absolute Gasteiger partial charge is 0.263 e. The Hall–Kier alpha value is -2.73. The van der Waals surface area contributed by atoms with Crippen molar-refractivity contribution in [2.75, 3.05) is 33.0 Å². The molecule has 0 radical (unpaired) electrons. The average molecular weight is 382 g/mol. The van der Waals surface area contributed by atoms with Crippen LogP contribution in [0, 0.1) is 0 Å². The van der Waals surface area contributed by atoms with Gasteiger partial charge in [-0.3, -0.25) is 9.69 Å². The normalized spacial score (nSPS) is 17.4. The molecule has 1 saturated heterocycles. The number of hydrogen-bond donors (Lipinski definition) is 0. The largest absolute Gasteiger partial charge is 0.481 e. The monoisotopic (exact) mass is 382 g/mol. The molecule has 6 nitrogen and oxygen atoms in total. The van der Waals surface area contributed by atoms with E-state index in [1.807, 2.05) is 54.3 Å². The van der Waals surface area contributed by atoms with Gasteiger partial charge in [0, 0.05) is 32.7 Å². The van der Waals surface area contributed by atoms with Crippen molar-refractivity contribution in [1.29, 1.82) is 0 Å². The Bertz CT molecular complexity index is 803. The lowest BCUT2D eigenvalue weighted by molar-refractivity contribution is -0.140. The van der Waals surface area contributed by atoms with E-state index in [4.69, 9.17) is 14.2 Å². The van der Waals surface area contributed by atoms with Crippen LogP contribution in [-0.4, -0.2) is 54.8 Å². The van der Waals surface area contributed by atoms with E-state index >= 15 is 0 Å². The van der Waals surface area contributed by atoms with Crippen molar-refractivity contribution in [1.82, 2.24) is 9.80 Å². The van der Waals surface area contributed by atoms with Crippen molar-refractivity contribution in [2.45, 2.75) is 26.0 Å². The van der Waals surface area contributed by atoms with Crippen LogP contribution in [0.4, 0.5) is 0 Å². The number of hydrogen-bond acceptors (Lipinski definition) is 5. The summed E-state index contributed by atoms with van der Waals surface area (Å²) < 4.78 is 16.7. The Balaban J connectivity index is 1.30. The Morgan fingerprint density at radius 3 is 2.54 bits per heavy atom. The first-order valence-corrected chi connectivity index (χ1v) is 9.84. The lowest BCUT2D eigenvalue weighted by Gasteiger charge is -2.36. The number of para-hydroxylation sites is 1. The van der Waals surface area contributed by atoms with Gasteiger partial charge < -0.3 is 19.1 Å². The molecule has 28 heavy (non-hydrogen) atoms. The molecule has 0 aromatic heterocycles. The predicted molar refractivity (Wildman–Crippen MR) is 106 cm³/mol. The molecule has 0 spiro atoms. The summed E-state index contributed by atoms with van der Waals surface area (Å²) in [7, 11) is 0. The Labute approximate surface area is 165 Å². The zero-order chi connectivity index (χ0) is 19.3. The van der Waals surface area contributed by atoms with Crippen LogP contribution in [0.2, 0.25) is 0 Å². The first kappa shape index (κ1) is 18.6. The molecular formula is C22H26N2O4. The van der Waals surface area contributed by atoms with Crippen molar-refractivity contribution in [3.05, 3.63) is 54.1 Å². The van der Waals surface area contributed by atoms with Crippen LogP contribution in [0.15, 0.2) is 48.5 Å². The van der Waals surface area contributed by atoms with Crippen molar-refractivity contribution in [3.63, 3.8) is 0 Å². The van der Waals surface area contributed by atoms with Gasteiger partial charge in [-0.2, -0.15) is 0 Å². The zero-order valence-corrected chi connectivity index (χ0v) is 16.2. The van der Waals surface area contributed by atoms with Crippen molar-refractivity contribution >= 4 is 5.91 Å². The number of ether oxygens (including phenoxy) is 3. The molecule has 0 saturated carbocycles. The van der Waals surface area contributed by atoms with E-state index < -0.39 is 6.10 Å². The zero-order valence-electron chi connectivity index (χ0n) is 16.2. The van der Waals surface area contributed by atoms with Gasteiger partial charge in [0.1, 0.15) is 5.75 Å². The molecule has 0 aliphatic carbocycles. The Morgan fingerprint density at radius 2 is 1.79 bits per heavy atom. The molecule has 6 heteroatoms. The Kier molecular flexibility index (Phi) is 5.67. The number of amides is 1. The average Bonchev–Trinajstić information content (AvgIpc) is 3.21. The van der Waals surface area contributed by atoms with Gasteiger partial charge in [0.05, 0.1) is 0 Å². The van der Waals surface area contributed by atoms with E-state index in [-0.39, 0.29) is 5.91 Å². The molecule has 1 amide bonds. The molecular weight excluding hydrogens is 356 g/mol. The maximum Gasteiger partial charge on any atom is 0.263 e. The van der Waals surface area contributed by atoms with E-state index in [9.17, 15) is 4.79 Å². The molecule has 1 fully saturated rings. The number of rotatable bonds is 6. The SMILES string of the molecule is CC[C@H](Oc1ccccc1)C(=O)N1CCN(Cc2ccc3c(c2)OCO3)CC1. The summed E-state index contributed by atoms with van der Waals surface area (Å²) in [6.45, 7) is 6.26. The maximum atomic E-state index is 12.9. The van der Waals surface area contributed by atoms with Crippen LogP contribution < -0.4 is 14.2 Å². The Morgan fingerprint density at radius 1 is 1.04 bits per heavy atom. The predicted octanol–water partition coefficient (Wildman–Crippen LogP) is 2.92. The molecule has 2 aromatic carbocycles. The summed E-state index contributed by atoms with van der Waals surface area (Å²) in [6, 6.07) is 15.6. The third-order valence-corrected chi connectivity index (χ3v) is 5.19. The van der Waals surface area contributed by atoms with Gasteiger partial charge in [0.25, 0.3) is 5.91 Å². The quantitative estimate of drug-likeness (QED) is 0.769. The highest BCUT2D eigenvalue weighted by Gasteiger charge is 2.28. The van der Waals surface area contributed by atoms with Crippen LogP contribution in [0.1, 0.15) is 18.9 Å². The summed E-state index contributed by atoms with van der Waals surface area (Å²) in [5.41, 5.74) is 1.20. The van der Waals surface area contributed by atoms with Gasteiger partial charge >= 0.3 is 0 Å². The molecule has 1 atom stereocenters. The lowest BCUT2D eigenvalue weighted by Crippen LogP contribution is -2.52. The molecule has 2 aromatic rings. The summed E-state index contributed by atoms with van der Waals surface area (Å²) in [5, 5.41) is 0. The first-order chi connectivity index (χ1) is 13.7. The second-order valence-electron chi connectivity index (χ2n) is 7.12. The summed E-state index contributed by atoms with van der Waals surface area (Å²) in [6.07, 6.45) is 0.230. The minimum absolute atomic E-state index is 0.0779. The fraction of sp³-hybridized carbons (Fsp3) is 0.409. The first-order valence-electron chi connectivity index (χ1n) is 9.84. The van der Waals surface area contributed by atoms with Gasteiger partial charge in [-0.1, -0.05) is 31.2 Å². The molecule has 2 aliphatic heterocycles.